The Morgan fingerprint density at radius 2 is 1.90 bits per heavy atom. The summed E-state index contributed by atoms with van der Waals surface area (Å²) in [5.74, 6) is 0.714. The van der Waals surface area contributed by atoms with E-state index in [2.05, 4.69) is 15.1 Å². The normalized spacial score (nSPS) is 12.2. The van der Waals surface area contributed by atoms with Crippen molar-refractivity contribution in [1.29, 1.82) is 0 Å². The van der Waals surface area contributed by atoms with Crippen LogP contribution in [0.25, 0.3) is 26.7 Å². The molecule has 3 heterocycles. The zero-order chi connectivity index (χ0) is 21.4. The average Bonchev–Trinajstić information content (AvgIpc) is 3.57. The summed E-state index contributed by atoms with van der Waals surface area (Å²) in [7, 11) is 1.78. The highest BCUT2D eigenvalue weighted by Gasteiger charge is 2.23. The third-order valence-corrected chi connectivity index (χ3v) is 6.33. The van der Waals surface area contributed by atoms with Crippen LogP contribution in [-0.4, -0.2) is 37.6 Å². The van der Waals surface area contributed by atoms with E-state index in [1.54, 1.807) is 46.4 Å². The molecule has 1 atom stereocenters. The lowest BCUT2D eigenvalue weighted by atomic mass is 10.1. The van der Waals surface area contributed by atoms with Crippen molar-refractivity contribution < 1.29 is 9.21 Å². The van der Waals surface area contributed by atoms with Crippen molar-refractivity contribution in [1.82, 2.24) is 24.6 Å². The van der Waals surface area contributed by atoms with Gasteiger partial charge in [0, 0.05) is 7.05 Å². The molecule has 154 valence electrons. The van der Waals surface area contributed by atoms with Gasteiger partial charge in [-0.25, -0.2) is 14.6 Å². The van der Waals surface area contributed by atoms with E-state index in [0.717, 1.165) is 26.5 Å². The first-order valence-electron chi connectivity index (χ1n) is 9.78. The summed E-state index contributed by atoms with van der Waals surface area (Å²) in [4.78, 5) is 23.3. The zero-order valence-corrected chi connectivity index (χ0v) is 17.8. The molecule has 0 aliphatic rings. The van der Waals surface area contributed by atoms with E-state index in [-0.39, 0.29) is 11.9 Å². The Kier molecular flexibility index (Phi) is 4.83. The molecule has 0 spiro atoms. The van der Waals surface area contributed by atoms with Gasteiger partial charge in [0.25, 0.3) is 5.91 Å². The molecule has 5 aromatic rings. The molecule has 2 aromatic carbocycles. The quantitative estimate of drug-likeness (QED) is 0.394. The molecule has 1 amide bonds. The van der Waals surface area contributed by atoms with Crippen molar-refractivity contribution >= 4 is 27.5 Å². The minimum absolute atomic E-state index is 0.131. The van der Waals surface area contributed by atoms with Gasteiger partial charge < -0.3 is 9.32 Å². The van der Waals surface area contributed by atoms with Gasteiger partial charge in [-0.15, -0.1) is 11.3 Å². The number of carbonyl (C=O) groups excluding carboxylic acids is 1. The molecule has 3 aromatic heterocycles. The van der Waals surface area contributed by atoms with Crippen molar-refractivity contribution in [2.75, 3.05) is 7.05 Å². The predicted molar refractivity (Wildman–Crippen MR) is 119 cm³/mol. The lowest BCUT2D eigenvalue weighted by molar-refractivity contribution is 0.0711. The van der Waals surface area contributed by atoms with Gasteiger partial charge in [0.2, 0.25) is 0 Å². The number of nitrogens with zero attached hydrogens (tertiary/aromatic N) is 5. The van der Waals surface area contributed by atoms with E-state index in [1.165, 1.54) is 6.33 Å². The van der Waals surface area contributed by atoms with E-state index in [4.69, 9.17) is 4.42 Å². The minimum Gasteiger partial charge on any atom is -0.448 e. The highest BCUT2D eigenvalue weighted by atomic mass is 32.1. The number of aromatic nitrogens is 4. The van der Waals surface area contributed by atoms with Gasteiger partial charge in [-0.3, -0.25) is 4.79 Å². The summed E-state index contributed by atoms with van der Waals surface area (Å²) in [5, 5.41) is 4.89. The van der Waals surface area contributed by atoms with Crippen molar-refractivity contribution in [2.45, 2.75) is 13.0 Å². The first-order chi connectivity index (χ1) is 15.1. The summed E-state index contributed by atoms with van der Waals surface area (Å²) in [6, 6.07) is 19.2. The number of hydrogen-bond acceptors (Lipinski definition) is 6. The van der Waals surface area contributed by atoms with Crippen LogP contribution in [0.3, 0.4) is 0 Å². The molecule has 8 heteroatoms. The monoisotopic (exact) mass is 429 g/mol. The van der Waals surface area contributed by atoms with Crippen LogP contribution in [0.5, 0.6) is 0 Å². The Morgan fingerprint density at radius 3 is 2.65 bits per heavy atom. The van der Waals surface area contributed by atoms with Crippen LogP contribution >= 0.6 is 11.3 Å². The topological polar surface area (TPSA) is 77.1 Å². The first-order valence-corrected chi connectivity index (χ1v) is 10.6. The van der Waals surface area contributed by atoms with Gasteiger partial charge in [-0.2, -0.15) is 5.10 Å². The molecule has 0 aliphatic heterocycles. The van der Waals surface area contributed by atoms with E-state index >= 15 is 0 Å². The third kappa shape index (κ3) is 3.62. The van der Waals surface area contributed by atoms with Gasteiger partial charge in [-0.1, -0.05) is 24.3 Å². The molecule has 0 saturated heterocycles. The molecular weight excluding hydrogens is 410 g/mol. The second-order valence-electron chi connectivity index (χ2n) is 7.17. The Balaban J connectivity index is 1.33. The predicted octanol–water partition coefficient (Wildman–Crippen LogP) is 4.97. The number of para-hydroxylation sites is 1. The number of furan rings is 1. The van der Waals surface area contributed by atoms with Crippen LogP contribution in [0.4, 0.5) is 0 Å². The van der Waals surface area contributed by atoms with Gasteiger partial charge in [0.15, 0.2) is 16.5 Å². The molecule has 31 heavy (non-hydrogen) atoms. The van der Waals surface area contributed by atoms with Crippen molar-refractivity contribution in [3.05, 3.63) is 84.6 Å². The standard InChI is InChI=1S/C23H19N5O2S/c1-15(16-7-9-17(10-8-16)28-14-24-13-25-28)27(2)23(29)20-12-11-19(30-20)22-26-18-5-3-4-6-21(18)31-22/h3-15H,1-2H3. The second kappa shape index (κ2) is 7.81. The molecule has 7 nitrogen and oxygen atoms in total. The molecule has 0 aliphatic carbocycles. The average molecular weight is 430 g/mol. The van der Waals surface area contributed by atoms with Crippen molar-refractivity contribution in [2.24, 2.45) is 0 Å². The van der Waals surface area contributed by atoms with E-state index in [1.807, 2.05) is 55.5 Å². The minimum atomic E-state index is -0.180. The van der Waals surface area contributed by atoms with Crippen LogP contribution in [-0.2, 0) is 0 Å². The van der Waals surface area contributed by atoms with Crippen LogP contribution in [0, 0.1) is 0 Å². The SMILES string of the molecule is CC(c1ccc(-n2cncn2)cc1)N(C)C(=O)c1ccc(-c2nc3ccccc3s2)o1. The molecular formula is C23H19N5O2S. The molecule has 0 saturated carbocycles. The van der Waals surface area contributed by atoms with E-state index in [9.17, 15) is 4.79 Å². The lowest BCUT2D eigenvalue weighted by Crippen LogP contribution is -2.29. The fraction of sp³-hybridized carbons (Fsp3) is 0.130. The van der Waals surface area contributed by atoms with Gasteiger partial charge in [0.1, 0.15) is 12.7 Å². The third-order valence-electron chi connectivity index (χ3n) is 5.28. The first kappa shape index (κ1) is 19.2. The summed E-state index contributed by atoms with van der Waals surface area (Å²) >= 11 is 1.55. The maximum Gasteiger partial charge on any atom is 0.289 e. The fourth-order valence-electron chi connectivity index (χ4n) is 3.37. The molecule has 0 N–H and O–H groups in total. The number of rotatable bonds is 5. The number of fused-ring (bicyclic) bond motifs is 1. The highest BCUT2D eigenvalue weighted by Crippen LogP contribution is 2.32. The smallest absolute Gasteiger partial charge is 0.289 e. The lowest BCUT2D eigenvalue weighted by Gasteiger charge is -2.24. The number of thiazole rings is 1. The van der Waals surface area contributed by atoms with Crippen molar-refractivity contribution in [3.8, 4) is 16.5 Å². The van der Waals surface area contributed by atoms with E-state index < -0.39 is 0 Å². The molecule has 0 bridgehead atoms. The summed E-state index contributed by atoms with van der Waals surface area (Å²) in [6.45, 7) is 1.99. The maximum atomic E-state index is 13.0. The Hall–Kier alpha value is -3.78. The van der Waals surface area contributed by atoms with Gasteiger partial charge >= 0.3 is 0 Å². The molecule has 0 fully saturated rings. The van der Waals surface area contributed by atoms with Crippen LogP contribution < -0.4 is 0 Å². The fourth-order valence-corrected chi connectivity index (χ4v) is 4.29. The number of hydrogen-bond donors (Lipinski definition) is 0. The van der Waals surface area contributed by atoms with Crippen LogP contribution in [0.1, 0.15) is 29.1 Å². The Bertz CT molecular complexity index is 1310. The van der Waals surface area contributed by atoms with Gasteiger partial charge in [-0.05, 0) is 48.9 Å². The zero-order valence-electron chi connectivity index (χ0n) is 17.0. The van der Waals surface area contributed by atoms with Crippen LogP contribution in [0.15, 0.2) is 77.7 Å². The molecule has 5 rings (SSSR count). The molecule has 1 unspecified atom stereocenters. The van der Waals surface area contributed by atoms with Crippen molar-refractivity contribution in [3.63, 3.8) is 0 Å². The molecule has 0 radical (unpaired) electrons. The van der Waals surface area contributed by atoms with E-state index in [0.29, 0.717) is 11.5 Å². The summed E-state index contributed by atoms with van der Waals surface area (Å²) in [5.41, 5.74) is 2.85. The summed E-state index contributed by atoms with van der Waals surface area (Å²) in [6.07, 6.45) is 3.14. The number of carbonyl (C=O) groups is 1. The highest BCUT2D eigenvalue weighted by molar-refractivity contribution is 7.21. The number of benzene rings is 2. The van der Waals surface area contributed by atoms with Gasteiger partial charge in [0.05, 0.1) is 21.9 Å². The maximum absolute atomic E-state index is 13.0. The number of amides is 1. The Labute approximate surface area is 182 Å². The Morgan fingerprint density at radius 1 is 1.10 bits per heavy atom. The largest absolute Gasteiger partial charge is 0.448 e. The van der Waals surface area contributed by atoms with Crippen LogP contribution in [0.2, 0.25) is 0 Å². The second-order valence-corrected chi connectivity index (χ2v) is 8.20. The summed E-state index contributed by atoms with van der Waals surface area (Å²) < 4.78 is 8.65.